The van der Waals surface area contributed by atoms with Gasteiger partial charge in [0.15, 0.2) is 0 Å². The Hall–Kier alpha value is -1.17. The number of hydrogen-bond acceptors (Lipinski definition) is 2. The molecule has 15 heavy (non-hydrogen) atoms. The number of hydrogen-bond donors (Lipinski definition) is 1. The fraction of sp³-hybridized carbons (Fsp3) is 0.222. The summed E-state index contributed by atoms with van der Waals surface area (Å²) in [6.07, 6.45) is -4.55. The van der Waals surface area contributed by atoms with Crippen molar-refractivity contribution in [2.24, 2.45) is 0 Å². The molecule has 0 aliphatic carbocycles. The fourth-order valence-electron chi connectivity index (χ4n) is 1.06. The average Bonchev–Trinajstić information content (AvgIpc) is 2.15. The zero-order chi connectivity index (χ0) is 11.6. The second-order valence-electron chi connectivity index (χ2n) is 2.72. The van der Waals surface area contributed by atoms with Crippen LogP contribution in [0.5, 0.6) is 5.75 Å². The maximum Gasteiger partial charge on any atom is 0.419 e. The van der Waals surface area contributed by atoms with Crippen LogP contribution in [0.15, 0.2) is 18.2 Å². The third-order valence-corrected chi connectivity index (χ3v) is 2.01. The molecule has 0 N–H and O–H groups in total. The lowest BCUT2D eigenvalue weighted by atomic mass is 10.1. The van der Waals surface area contributed by atoms with Crippen molar-refractivity contribution >= 4 is 17.7 Å². The minimum Gasteiger partial charge on any atom is -0.496 e. The SMILES string of the molecule is COc1ccc(C(=O)S)cc1C(F)(F)F. The third kappa shape index (κ3) is 2.65. The number of benzene rings is 1. The average molecular weight is 236 g/mol. The molecular formula is C9H7F3O2S. The van der Waals surface area contributed by atoms with Crippen LogP contribution in [0.4, 0.5) is 13.2 Å². The number of methoxy groups -OCH3 is 1. The van der Waals surface area contributed by atoms with Crippen molar-refractivity contribution in [2.45, 2.75) is 6.18 Å². The summed E-state index contributed by atoms with van der Waals surface area (Å²) in [5, 5.41) is -0.719. The van der Waals surface area contributed by atoms with E-state index in [9.17, 15) is 18.0 Å². The van der Waals surface area contributed by atoms with Gasteiger partial charge >= 0.3 is 6.18 Å². The van der Waals surface area contributed by atoms with Gasteiger partial charge in [-0.1, -0.05) is 0 Å². The van der Waals surface area contributed by atoms with Crippen molar-refractivity contribution in [1.29, 1.82) is 0 Å². The monoisotopic (exact) mass is 236 g/mol. The van der Waals surface area contributed by atoms with E-state index in [1.54, 1.807) is 0 Å². The molecule has 6 heteroatoms. The first-order valence-electron chi connectivity index (χ1n) is 3.85. The zero-order valence-electron chi connectivity index (χ0n) is 7.63. The van der Waals surface area contributed by atoms with E-state index in [0.717, 1.165) is 13.2 Å². The first-order valence-corrected chi connectivity index (χ1v) is 4.29. The number of alkyl halides is 3. The first-order chi connectivity index (χ1) is 6.86. The highest BCUT2D eigenvalue weighted by Gasteiger charge is 2.34. The summed E-state index contributed by atoms with van der Waals surface area (Å²) in [6, 6.07) is 3.03. The van der Waals surface area contributed by atoms with Gasteiger partial charge in [0.05, 0.1) is 12.7 Å². The summed E-state index contributed by atoms with van der Waals surface area (Å²) in [5.41, 5.74) is -1.10. The molecule has 0 aliphatic heterocycles. The van der Waals surface area contributed by atoms with Crippen LogP contribution in [0.1, 0.15) is 15.9 Å². The number of halogens is 3. The van der Waals surface area contributed by atoms with E-state index < -0.39 is 16.9 Å². The smallest absolute Gasteiger partial charge is 0.419 e. The Kier molecular flexibility index (Phi) is 3.28. The van der Waals surface area contributed by atoms with Gasteiger partial charge in [-0.2, -0.15) is 13.2 Å². The number of carbonyl (C=O) groups is 1. The lowest BCUT2D eigenvalue weighted by Gasteiger charge is -2.12. The largest absolute Gasteiger partial charge is 0.496 e. The minimum atomic E-state index is -4.55. The highest BCUT2D eigenvalue weighted by molar-refractivity contribution is 7.97. The number of thiol groups is 1. The Labute approximate surface area is 89.5 Å². The summed E-state index contributed by atoms with van der Waals surface area (Å²) >= 11 is 3.45. The molecule has 1 rings (SSSR count). The lowest BCUT2D eigenvalue weighted by Crippen LogP contribution is -2.08. The molecular weight excluding hydrogens is 229 g/mol. The molecule has 0 amide bonds. The molecule has 0 fully saturated rings. The number of carbonyl (C=O) groups excluding carboxylic acids is 1. The highest BCUT2D eigenvalue weighted by atomic mass is 32.1. The molecule has 0 spiro atoms. The van der Waals surface area contributed by atoms with Gasteiger partial charge in [-0.3, -0.25) is 4.79 Å². The summed E-state index contributed by atoms with van der Waals surface area (Å²) < 4.78 is 41.9. The second-order valence-corrected chi connectivity index (χ2v) is 3.12. The van der Waals surface area contributed by atoms with E-state index in [-0.39, 0.29) is 11.3 Å². The van der Waals surface area contributed by atoms with Crippen molar-refractivity contribution in [3.05, 3.63) is 29.3 Å². The quantitative estimate of drug-likeness (QED) is 0.799. The molecule has 2 nitrogen and oxygen atoms in total. The van der Waals surface area contributed by atoms with Crippen molar-refractivity contribution in [1.82, 2.24) is 0 Å². The van der Waals surface area contributed by atoms with E-state index in [1.165, 1.54) is 6.07 Å². The van der Waals surface area contributed by atoms with Crippen molar-refractivity contribution in [3.63, 3.8) is 0 Å². The molecule has 0 aliphatic rings. The number of ether oxygens (including phenoxy) is 1. The molecule has 0 radical (unpaired) electrons. The molecule has 82 valence electrons. The van der Waals surface area contributed by atoms with Gasteiger partial charge in [0, 0.05) is 5.56 Å². The summed E-state index contributed by atoms with van der Waals surface area (Å²) in [7, 11) is 1.13. The predicted molar refractivity (Wildman–Crippen MR) is 51.3 cm³/mol. The number of rotatable bonds is 2. The molecule has 0 saturated heterocycles. The van der Waals surface area contributed by atoms with Crippen LogP contribution in [0.2, 0.25) is 0 Å². The molecule has 0 heterocycles. The second kappa shape index (κ2) is 4.14. The van der Waals surface area contributed by atoms with E-state index in [2.05, 4.69) is 17.4 Å². The summed E-state index contributed by atoms with van der Waals surface area (Å²) in [6.45, 7) is 0. The maximum absolute atomic E-state index is 12.5. The Balaban J connectivity index is 3.32. The normalized spacial score (nSPS) is 11.3. The Morgan fingerprint density at radius 2 is 2.00 bits per heavy atom. The minimum absolute atomic E-state index is 0.119. The van der Waals surface area contributed by atoms with Crippen LogP contribution in [0, 0.1) is 0 Å². The fourth-order valence-corrected chi connectivity index (χ4v) is 1.20. The van der Waals surface area contributed by atoms with Gasteiger partial charge in [-0.15, -0.1) is 12.6 Å². The van der Waals surface area contributed by atoms with Crippen LogP contribution < -0.4 is 4.74 Å². The van der Waals surface area contributed by atoms with Crippen LogP contribution in [0.3, 0.4) is 0 Å². The Bertz CT molecular complexity index is 387. The standard InChI is InChI=1S/C9H7F3O2S/c1-14-7-3-2-5(8(13)15)4-6(7)9(10,11)12/h2-4H,1H3,(H,13,15). The first kappa shape index (κ1) is 11.9. The van der Waals surface area contributed by atoms with Gasteiger partial charge in [0.25, 0.3) is 0 Å². The van der Waals surface area contributed by atoms with Crippen molar-refractivity contribution in [2.75, 3.05) is 7.11 Å². The molecule has 0 atom stereocenters. The molecule has 1 aromatic rings. The van der Waals surface area contributed by atoms with E-state index in [4.69, 9.17) is 0 Å². The van der Waals surface area contributed by atoms with Crippen LogP contribution in [-0.4, -0.2) is 12.2 Å². The van der Waals surface area contributed by atoms with Crippen molar-refractivity contribution in [3.8, 4) is 5.75 Å². The highest BCUT2D eigenvalue weighted by Crippen LogP contribution is 2.36. The van der Waals surface area contributed by atoms with E-state index in [1.807, 2.05) is 0 Å². The summed E-state index contributed by atoms with van der Waals surface area (Å²) in [5.74, 6) is -0.319. The predicted octanol–water partition coefficient (Wildman–Crippen LogP) is 2.78. The van der Waals surface area contributed by atoms with Crippen molar-refractivity contribution < 1.29 is 22.7 Å². The van der Waals surface area contributed by atoms with Gasteiger partial charge in [-0.25, -0.2) is 0 Å². The molecule has 0 aromatic heterocycles. The Morgan fingerprint density at radius 3 is 2.40 bits per heavy atom. The third-order valence-electron chi connectivity index (χ3n) is 1.75. The van der Waals surface area contributed by atoms with Gasteiger partial charge in [0.1, 0.15) is 5.75 Å². The van der Waals surface area contributed by atoms with Crippen LogP contribution in [0.25, 0.3) is 0 Å². The van der Waals surface area contributed by atoms with Gasteiger partial charge < -0.3 is 4.74 Å². The zero-order valence-corrected chi connectivity index (χ0v) is 8.52. The van der Waals surface area contributed by atoms with E-state index >= 15 is 0 Å². The van der Waals surface area contributed by atoms with Gasteiger partial charge in [0.2, 0.25) is 5.12 Å². The molecule has 0 saturated carbocycles. The molecule has 0 bridgehead atoms. The Morgan fingerprint density at radius 1 is 1.40 bits per heavy atom. The topological polar surface area (TPSA) is 26.3 Å². The molecule has 0 unspecified atom stereocenters. The van der Waals surface area contributed by atoms with Crippen LogP contribution in [-0.2, 0) is 6.18 Å². The molecule has 1 aromatic carbocycles. The van der Waals surface area contributed by atoms with Gasteiger partial charge in [-0.05, 0) is 18.2 Å². The van der Waals surface area contributed by atoms with Crippen LogP contribution >= 0.6 is 12.6 Å². The summed E-state index contributed by atoms with van der Waals surface area (Å²) in [4.78, 5) is 10.8. The lowest BCUT2D eigenvalue weighted by molar-refractivity contribution is -0.138. The van der Waals surface area contributed by atoms with E-state index in [0.29, 0.717) is 6.07 Å². The maximum atomic E-state index is 12.5.